The van der Waals surface area contributed by atoms with Crippen LogP contribution in [0, 0.1) is 5.92 Å². The molecule has 1 rings (SSSR count). The molecule has 1 saturated heterocycles. The van der Waals surface area contributed by atoms with Crippen LogP contribution in [0.25, 0.3) is 0 Å². The van der Waals surface area contributed by atoms with Crippen LogP contribution in [-0.4, -0.2) is 37.8 Å². The average Bonchev–Trinajstić information content (AvgIpc) is 2.25. The molecule has 84 valence electrons. The highest BCUT2D eigenvalue weighted by Crippen LogP contribution is 2.12. The average molecular weight is 217 g/mol. The van der Waals surface area contributed by atoms with Gasteiger partial charge in [0, 0.05) is 13.2 Å². The van der Waals surface area contributed by atoms with E-state index in [2.05, 4.69) is 12.2 Å². The topological polar surface area (TPSA) is 21.3 Å². The van der Waals surface area contributed by atoms with Gasteiger partial charge in [0.15, 0.2) is 0 Å². The predicted molar refractivity (Wildman–Crippen MR) is 64.0 cm³/mol. The Hall–Kier alpha value is 0.270. The minimum atomic E-state index is 0.766. The Morgan fingerprint density at radius 1 is 1.50 bits per heavy atom. The molecule has 0 aliphatic carbocycles. The van der Waals surface area contributed by atoms with Crippen LogP contribution in [0.4, 0.5) is 0 Å². The zero-order valence-electron chi connectivity index (χ0n) is 9.26. The first-order chi connectivity index (χ1) is 6.93. The zero-order chi connectivity index (χ0) is 10.1. The molecule has 1 unspecified atom stereocenters. The van der Waals surface area contributed by atoms with Crippen molar-refractivity contribution in [3.05, 3.63) is 0 Å². The fourth-order valence-corrected chi connectivity index (χ4v) is 2.36. The Morgan fingerprint density at radius 3 is 3.14 bits per heavy atom. The summed E-state index contributed by atoms with van der Waals surface area (Å²) in [6.45, 7) is 6.48. The van der Waals surface area contributed by atoms with Gasteiger partial charge in [-0.05, 0) is 43.2 Å². The third-order valence-electron chi connectivity index (χ3n) is 2.53. The summed E-state index contributed by atoms with van der Waals surface area (Å²) in [4.78, 5) is 0. The molecule has 1 aliphatic heterocycles. The summed E-state index contributed by atoms with van der Waals surface area (Å²) in [7, 11) is 0. The van der Waals surface area contributed by atoms with Gasteiger partial charge in [0.1, 0.15) is 0 Å². The van der Waals surface area contributed by atoms with Crippen molar-refractivity contribution in [2.45, 2.75) is 26.2 Å². The Kier molecular flexibility index (Phi) is 7.55. The van der Waals surface area contributed by atoms with Crippen LogP contribution in [0.15, 0.2) is 0 Å². The molecule has 0 amide bonds. The fraction of sp³-hybridized carbons (Fsp3) is 1.00. The second kappa shape index (κ2) is 8.57. The van der Waals surface area contributed by atoms with E-state index in [-0.39, 0.29) is 0 Å². The molecular weight excluding hydrogens is 194 g/mol. The summed E-state index contributed by atoms with van der Waals surface area (Å²) in [5.41, 5.74) is 0. The molecule has 0 aromatic rings. The van der Waals surface area contributed by atoms with Gasteiger partial charge < -0.3 is 10.1 Å². The molecule has 0 spiro atoms. The summed E-state index contributed by atoms with van der Waals surface area (Å²) < 4.78 is 5.43. The zero-order valence-corrected chi connectivity index (χ0v) is 10.1. The first-order valence-corrected chi connectivity index (χ1v) is 6.95. The third-order valence-corrected chi connectivity index (χ3v) is 3.52. The summed E-state index contributed by atoms with van der Waals surface area (Å²) in [6.07, 6.45) is 3.89. The van der Waals surface area contributed by atoms with E-state index in [1.54, 1.807) is 0 Å². The van der Waals surface area contributed by atoms with Gasteiger partial charge in [0.05, 0.1) is 6.61 Å². The maximum Gasteiger partial charge on any atom is 0.0506 e. The van der Waals surface area contributed by atoms with Crippen molar-refractivity contribution in [3.63, 3.8) is 0 Å². The predicted octanol–water partition coefficient (Wildman–Crippen LogP) is 2.15. The Bertz CT molecular complexity index is 126. The van der Waals surface area contributed by atoms with E-state index >= 15 is 0 Å². The van der Waals surface area contributed by atoms with E-state index in [9.17, 15) is 0 Å². The summed E-state index contributed by atoms with van der Waals surface area (Å²) in [5.74, 6) is 3.31. The van der Waals surface area contributed by atoms with Crippen molar-refractivity contribution < 1.29 is 4.74 Å². The van der Waals surface area contributed by atoms with Gasteiger partial charge >= 0.3 is 0 Å². The molecule has 0 radical (unpaired) electrons. The molecule has 0 bridgehead atoms. The molecule has 2 nitrogen and oxygen atoms in total. The van der Waals surface area contributed by atoms with E-state index < -0.39 is 0 Å². The lowest BCUT2D eigenvalue weighted by Gasteiger charge is -2.22. The molecule has 14 heavy (non-hydrogen) atoms. The van der Waals surface area contributed by atoms with E-state index in [1.807, 2.05) is 11.8 Å². The number of hydrogen-bond donors (Lipinski definition) is 1. The first-order valence-electron chi connectivity index (χ1n) is 5.79. The van der Waals surface area contributed by atoms with E-state index in [1.165, 1.54) is 37.3 Å². The lowest BCUT2D eigenvalue weighted by atomic mass is 10.0. The summed E-state index contributed by atoms with van der Waals surface area (Å²) in [6, 6.07) is 0. The van der Waals surface area contributed by atoms with Crippen molar-refractivity contribution in [1.82, 2.24) is 5.32 Å². The Labute approximate surface area is 92.2 Å². The molecule has 3 heteroatoms. The molecule has 0 saturated carbocycles. The number of ether oxygens (including phenoxy) is 1. The van der Waals surface area contributed by atoms with Crippen LogP contribution >= 0.6 is 11.8 Å². The normalized spacial score (nSPS) is 22.5. The molecule has 1 atom stereocenters. The highest BCUT2D eigenvalue weighted by molar-refractivity contribution is 7.99. The van der Waals surface area contributed by atoms with Gasteiger partial charge in [0.2, 0.25) is 0 Å². The van der Waals surface area contributed by atoms with Crippen LogP contribution in [0.2, 0.25) is 0 Å². The maximum absolute atomic E-state index is 5.43. The lowest BCUT2D eigenvalue weighted by Crippen LogP contribution is -2.29. The molecule has 1 heterocycles. The minimum Gasteiger partial charge on any atom is -0.381 e. The summed E-state index contributed by atoms with van der Waals surface area (Å²) in [5, 5.41) is 3.52. The number of rotatable bonds is 7. The molecular formula is C11H23NOS. The van der Waals surface area contributed by atoms with Gasteiger partial charge in [0.25, 0.3) is 0 Å². The molecule has 1 fully saturated rings. The second-order valence-electron chi connectivity index (χ2n) is 3.84. The van der Waals surface area contributed by atoms with Crippen molar-refractivity contribution in [2.24, 2.45) is 5.92 Å². The van der Waals surface area contributed by atoms with E-state index in [0.29, 0.717) is 0 Å². The fourth-order valence-electron chi connectivity index (χ4n) is 1.72. The van der Waals surface area contributed by atoms with E-state index in [0.717, 1.165) is 25.7 Å². The highest BCUT2D eigenvalue weighted by Gasteiger charge is 2.12. The smallest absolute Gasteiger partial charge is 0.0506 e. The first kappa shape index (κ1) is 12.3. The van der Waals surface area contributed by atoms with Crippen molar-refractivity contribution >= 4 is 11.8 Å². The monoisotopic (exact) mass is 217 g/mol. The van der Waals surface area contributed by atoms with Crippen molar-refractivity contribution in [3.8, 4) is 0 Å². The minimum absolute atomic E-state index is 0.766. The highest BCUT2D eigenvalue weighted by atomic mass is 32.2. The lowest BCUT2D eigenvalue weighted by molar-refractivity contribution is 0.0549. The molecule has 1 N–H and O–H groups in total. The number of thioether (sulfide) groups is 1. The molecule has 1 aliphatic rings. The standard InChI is InChI=1S/C11H23NOS/c1-2-14-8-4-6-12-9-11-5-3-7-13-10-11/h11-12H,2-10H2,1H3. The molecule has 0 aromatic heterocycles. The van der Waals surface area contributed by atoms with Gasteiger partial charge in [-0.1, -0.05) is 6.92 Å². The van der Waals surface area contributed by atoms with Crippen LogP contribution in [0.1, 0.15) is 26.2 Å². The van der Waals surface area contributed by atoms with Gasteiger partial charge in [-0.25, -0.2) is 0 Å². The maximum atomic E-state index is 5.43. The number of nitrogens with one attached hydrogen (secondary N) is 1. The quantitative estimate of drug-likeness (QED) is 0.660. The van der Waals surface area contributed by atoms with Crippen LogP contribution < -0.4 is 5.32 Å². The van der Waals surface area contributed by atoms with Crippen molar-refractivity contribution in [1.29, 1.82) is 0 Å². The van der Waals surface area contributed by atoms with E-state index in [4.69, 9.17) is 4.74 Å². The third kappa shape index (κ3) is 5.89. The van der Waals surface area contributed by atoms with Crippen LogP contribution in [0.5, 0.6) is 0 Å². The number of hydrogen-bond acceptors (Lipinski definition) is 3. The largest absolute Gasteiger partial charge is 0.381 e. The van der Waals surface area contributed by atoms with Gasteiger partial charge in [-0.15, -0.1) is 0 Å². The second-order valence-corrected chi connectivity index (χ2v) is 5.23. The molecule has 0 aromatic carbocycles. The Balaban J connectivity index is 1.82. The van der Waals surface area contributed by atoms with Crippen molar-refractivity contribution in [2.75, 3.05) is 37.8 Å². The van der Waals surface area contributed by atoms with Gasteiger partial charge in [-0.2, -0.15) is 11.8 Å². The van der Waals surface area contributed by atoms with Crippen LogP contribution in [0.3, 0.4) is 0 Å². The SMILES string of the molecule is CCSCCCNCC1CCCOC1. The summed E-state index contributed by atoms with van der Waals surface area (Å²) >= 11 is 2.03. The Morgan fingerprint density at radius 2 is 2.43 bits per heavy atom. The van der Waals surface area contributed by atoms with Gasteiger partial charge in [-0.3, -0.25) is 0 Å². The van der Waals surface area contributed by atoms with Crippen LogP contribution in [-0.2, 0) is 4.74 Å².